The molecular weight excluding hydrogens is 228 g/mol. The van der Waals surface area contributed by atoms with E-state index in [0.29, 0.717) is 0 Å². The SMILES string of the molecule is CCC(C)(C)c1cc(C=CC(=O)OC)ccc1O. The predicted octanol–water partition coefficient (Wildman–Crippen LogP) is 3.27. The van der Waals surface area contributed by atoms with E-state index in [1.54, 1.807) is 18.2 Å². The Morgan fingerprint density at radius 3 is 2.67 bits per heavy atom. The van der Waals surface area contributed by atoms with Crippen molar-refractivity contribution < 1.29 is 14.6 Å². The third-order valence-corrected chi connectivity index (χ3v) is 3.25. The highest BCUT2D eigenvalue weighted by molar-refractivity contribution is 5.87. The topological polar surface area (TPSA) is 46.5 Å². The number of rotatable bonds is 4. The number of ether oxygens (including phenoxy) is 1. The molecule has 0 unspecified atom stereocenters. The van der Waals surface area contributed by atoms with Crippen LogP contribution in [-0.4, -0.2) is 18.2 Å². The molecule has 0 saturated heterocycles. The fourth-order valence-electron chi connectivity index (χ4n) is 1.62. The average molecular weight is 248 g/mol. The molecular formula is C15H20O3. The summed E-state index contributed by atoms with van der Waals surface area (Å²) >= 11 is 0. The Balaban J connectivity index is 3.09. The molecule has 1 aromatic rings. The van der Waals surface area contributed by atoms with E-state index in [1.165, 1.54) is 13.2 Å². The zero-order valence-electron chi connectivity index (χ0n) is 11.4. The second kappa shape index (κ2) is 5.71. The number of hydrogen-bond acceptors (Lipinski definition) is 3. The van der Waals surface area contributed by atoms with Gasteiger partial charge in [-0.15, -0.1) is 0 Å². The van der Waals surface area contributed by atoms with Crippen LogP contribution in [-0.2, 0) is 14.9 Å². The Kier molecular flexibility index (Phi) is 4.54. The van der Waals surface area contributed by atoms with Crippen LogP contribution in [0.1, 0.15) is 38.3 Å². The number of esters is 1. The first-order valence-electron chi connectivity index (χ1n) is 6.00. The molecule has 1 rings (SSSR count). The van der Waals surface area contributed by atoms with Gasteiger partial charge in [-0.25, -0.2) is 4.79 Å². The number of phenols is 1. The van der Waals surface area contributed by atoms with Crippen LogP contribution >= 0.6 is 0 Å². The van der Waals surface area contributed by atoms with Crippen LogP contribution in [0.5, 0.6) is 5.75 Å². The molecule has 0 radical (unpaired) electrons. The largest absolute Gasteiger partial charge is 0.508 e. The lowest BCUT2D eigenvalue weighted by Gasteiger charge is -2.24. The highest BCUT2D eigenvalue weighted by atomic mass is 16.5. The molecule has 0 saturated carbocycles. The summed E-state index contributed by atoms with van der Waals surface area (Å²) in [6, 6.07) is 5.33. The van der Waals surface area contributed by atoms with Gasteiger partial charge >= 0.3 is 5.97 Å². The summed E-state index contributed by atoms with van der Waals surface area (Å²) in [7, 11) is 1.34. The Labute approximate surface area is 108 Å². The maximum absolute atomic E-state index is 11.0. The Morgan fingerprint density at radius 1 is 1.44 bits per heavy atom. The molecule has 0 aliphatic heterocycles. The van der Waals surface area contributed by atoms with Crippen LogP contribution in [0.4, 0.5) is 0 Å². The third-order valence-electron chi connectivity index (χ3n) is 3.25. The van der Waals surface area contributed by atoms with Gasteiger partial charge in [0.05, 0.1) is 7.11 Å². The maximum Gasteiger partial charge on any atom is 0.330 e. The second-order valence-electron chi connectivity index (χ2n) is 4.87. The van der Waals surface area contributed by atoms with E-state index < -0.39 is 0 Å². The summed E-state index contributed by atoms with van der Waals surface area (Å²) in [5, 5.41) is 9.91. The lowest BCUT2D eigenvalue weighted by Crippen LogP contribution is -2.15. The minimum Gasteiger partial charge on any atom is -0.508 e. The number of phenolic OH excluding ortho intramolecular Hbond substituents is 1. The van der Waals surface area contributed by atoms with Gasteiger partial charge in [-0.1, -0.05) is 26.8 Å². The summed E-state index contributed by atoms with van der Waals surface area (Å²) in [4.78, 5) is 11.0. The summed E-state index contributed by atoms with van der Waals surface area (Å²) in [6.45, 7) is 6.24. The molecule has 0 amide bonds. The number of carbonyl (C=O) groups excluding carboxylic acids is 1. The molecule has 0 heterocycles. The zero-order chi connectivity index (χ0) is 13.8. The van der Waals surface area contributed by atoms with E-state index in [0.717, 1.165) is 17.5 Å². The normalized spacial score (nSPS) is 11.8. The predicted molar refractivity (Wildman–Crippen MR) is 72.5 cm³/mol. The number of methoxy groups -OCH3 is 1. The van der Waals surface area contributed by atoms with Crippen LogP contribution in [0.25, 0.3) is 6.08 Å². The first kappa shape index (κ1) is 14.3. The van der Waals surface area contributed by atoms with Gasteiger partial charge in [-0.3, -0.25) is 0 Å². The van der Waals surface area contributed by atoms with E-state index in [1.807, 2.05) is 6.07 Å². The Bertz CT molecular complexity index is 459. The molecule has 0 bridgehead atoms. The van der Waals surface area contributed by atoms with Gasteiger partial charge in [0.15, 0.2) is 0 Å². The molecule has 3 heteroatoms. The second-order valence-corrected chi connectivity index (χ2v) is 4.87. The van der Waals surface area contributed by atoms with Crippen molar-refractivity contribution in [2.75, 3.05) is 7.11 Å². The number of aromatic hydroxyl groups is 1. The minimum absolute atomic E-state index is 0.0980. The summed E-state index contributed by atoms with van der Waals surface area (Å²) in [6.07, 6.45) is 3.97. The molecule has 18 heavy (non-hydrogen) atoms. The minimum atomic E-state index is -0.389. The lowest BCUT2D eigenvalue weighted by molar-refractivity contribution is -0.134. The van der Waals surface area contributed by atoms with E-state index in [4.69, 9.17) is 0 Å². The monoisotopic (exact) mass is 248 g/mol. The Morgan fingerprint density at radius 2 is 2.11 bits per heavy atom. The molecule has 0 fully saturated rings. The molecule has 0 aliphatic rings. The summed E-state index contributed by atoms with van der Waals surface area (Å²) in [5.41, 5.74) is 1.66. The van der Waals surface area contributed by atoms with Crippen molar-refractivity contribution in [1.29, 1.82) is 0 Å². The van der Waals surface area contributed by atoms with Gasteiger partial charge in [0, 0.05) is 11.6 Å². The first-order valence-corrected chi connectivity index (χ1v) is 6.00. The number of benzene rings is 1. The summed E-state index contributed by atoms with van der Waals surface area (Å²) < 4.78 is 4.54. The molecule has 0 aliphatic carbocycles. The maximum atomic E-state index is 11.0. The average Bonchev–Trinajstić information content (AvgIpc) is 2.37. The molecule has 3 nitrogen and oxygen atoms in total. The lowest BCUT2D eigenvalue weighted by atomic mass is 9.81. The quantitative estimate of drug-likeness (QED) is 0.657. The third kappa shape index (κ3) is 3.36. The van der Waals surface area contributed by atoms with Crippen LogP contribution in [0.3, 0.4) is 0 Å². The fraction of sp³-hybridized carbons (Fsp3) is 0.400. The highest BCUT2D eigenvalue weighted by Crippen LogP contribution is 2.34. The van der Waals surface area contributed by atoms with Crippen molar-refractivity contribution in [2.45, 2.75) is 32.6 Å². The van der Waals surface area contributed by atoms with Gasteiger partial charge in [-0.2, -0.15) is 0 Å². The Hall–Kier alpha value is -1.77. The molecule has 1 N–H and O–H groups in total. The molecule has 1 aromatic carbocycles. The van der Waals surface area contributed by atoms with Crippen LogP contribution in [0.15, 0.2) is 24.3 Å². The molecule has 98 valence electrons. The van der Waals surface area contributed by atoms with Crippen molar-refractivity contribution in [3.8, 4) is 5.75 Å². The van der Waals surface area contributed by atoms with Crippen molar-refractivity contribution >= 4 is 12.0 Å². The smallest absolute Gasteiger partial charge is 0.330 e. The van der Waals surface area contributed by atoms with Crippen molar-refractivity contribution in [2.24, 2.45) is 0 Å². The van der Waals surface area contributed by atoms with E-state index in [2.05, 4.69) is 25.5 Å². The number of carbonyl (C=O) groups is 1. The van der Waals surface area contributed by atoms with Gasteiger partial charge in [-0.05, 0) is 35.6 Å². The van der Waals surface area contributed by atoms with Gasteiger partial charge in [0.2, 0.25) is 0 Å². The zero-order valence-corrected chi connectivity index (χ0v) is 11.4. The van der Waals surface area contributed by atoms with E-state index in [9.17, 15) is 9.90 Å². The summed E-state index contributed by atoms with van der Waals surface area (Å²) in [5.74, 6) is -0.101. The van der Waals surface area contributed by atoms with E-state index in [-0.39, 0.29) is 17.1 Å². The van der Waals surface area contributed by atoms with E-state index >= 15 is 0 Å². The number of hydrogen-bond donors (Lipinski definition) is 1. The molecule has 0 atom stereocenters. The molecule has 0 spiro atoms. The van der Waals surface area contributed by atoms with Crippen molar-refractivity contribution in [1.82, 2.24) is 0 Å². The first-order chi connectivity index (χ1) is 8.40. The van der Waals surface area contributed by atoms with Crippen LogP contribution < -0.4 is 0 Å². The van der Waals surface area contributed by atoms with Gasteiger partial charge in [0.25, 0.3) is 0 Å². The molecule has 0 aromatic heterocycles. The standard InChI is InChI=1S/C15H20O3/c1-5-15(2,3)12-10-11(6-8-13(12)16)7-9-14(17)18-4/h6-10,16H,5H2,1-4H3. The van der Waals surface area contributed by atoms with Gasteiger partial charge < -0.3 is 9.84 Å². The van der Waals surface area contributed by atoms with Crippen LogP contribution in [0.2, 0.25) is 0 Å². The van der Waals surface area contributed by atoms with Crippen molar-refractivity contribution in [3.63, 3.8) is 0 Å². The fourth-order valence-corrected chi connectivity index (χ4v) is 1.62. The highest BCUT2D eigenvalue weighted by Gasteiger charge is 2.21. The van der Waals surface area contributed by atoms with Crippen LogP contribution in [0, 0.1) is 0 Å². The van der Waals surface area contributed by atoms with Crippen molar-refractivity contribution in [3.05, 3.63) is 35.4 Å². The van der Waals surface area contributed by atoms with Gasteiger partial charge in [0.1, 0.15) is 5.75 Å².